The van der Waals surface area contributed by atoms with Crippen LogP contribution in [0.5, 0.6) is 0 Å². The molecule has 1 saturated heterocycles. The maximum Gasteiger partial charge on any atom is 0.0666 e. The van der Waals surface area contributed by atoms with E-state index in [9.17, 15) is 0 Å². The first kappa shape index (κ1) is 10.9. The summed E-state index contributed by atoms with van der Waals surface area (Å²) < 4.78 is 5.53. The zero-order chi connectivity index (χ0) is 8.65. The highest BCUT2D eigenvalue weighted by Crippen LogP contribution is 2.17. The summed E-state index contributed by atoms with van der Waals surface area (Å²) in [6.45, 7) is 0.993. The smallest absolute Gasteiger partial charge is 0.0666 e. The zero-order valence-corrected chi connectivity index (χ0v) is 9.83. The number of ether oxygens (including phenoxy) is 1. The fraction of sp³-hybridized carbons (Fsp3) is 1.00. The highest BCUT2D eigenvalue weighted by molar-refractivity contribution is 9.09. The molecule has 1 aliphatic rings. The molecule has 0 amide bonds. The van der Waals surface area contributed by atoms with E-state index in [-0.39, 0.29) is 0 Å². The molecule has 0 spiro atoms. The zero-order valence-electron chi connectivity index (χ0n) is 7.43. The Bertz CT molecular complexity index is 105. The number of rotatable bonds is 6. The molecule has 1 aliphatic heterocycles. The van der Waals surface area contributed by atoms with Gasteiger partial charge in [0.05, 0.1) is 6.10 Å². The Morgan fingerprint density at radius 1 is 1.42 bits per heavy atom. The van der Waals surface area contributed by atoms with Crippen LogP contribution in [0, 0.1) is 0 Å². The molecular weight excluding hydrogens is 236 g/mol. The van der Waals surface area contributed by atoms with Crippen LogP contribution >= 0.6 is 27.7 Å². The topological polar surface area (TPSA) is 9.23 Å². The SMILES string of the molecule is BrCCCCSCC1CCCO1. The normalized spacial score (nSPS) is 23.2. The van der Waals surface area contributed by atoms with E-state index in [0.717, 1.165) is 11.9 Å². The lowest BCUT2D eigenvalue weighted by atomic mass is 10.3. The van der Waals surface area contributed by atoms with E-state index in [1.165, 1.54) is 37.2 Å². The van der Waals surface area contributed by atoms with Crippen LogP contribution < -0.4 is 0 Å². The van der Waals surface area contributed by atoms with E-state index in [2.05, 4.69) is 15.9 Å². The predicted molar refractivity (Wildman–Crippen MR) is 59.3 cm³/mol. The van der Waals surface area contributed by atoms with Gasteiger partial charge in [-0.2, -0.15) is 11.8 Å². The number of hydrogen-bond acceptors (Lipinski definition) is 2. The van der Waals surface area contributed by atoms with Crippen molar-refractivity contribution in [1.29, 1.82) is 0 Å². The van der Waals surface area contributed by atoms with Crippen LogP contribution in [0.2, 0.25) is 0 Å². The summed E-state index contributed by atoms with van der Waals surface area (Å²) in [5.41, 5.74) is 0. The molecule has 0 aliphatic carbocycles. The molecule has 0 bridgehead atoms. The molecule has 1 heterocycles. The van der Waals surface area contributed by atoms with Gasteiger partial charge in [0.1, 0.15) is 0 Å². The quantitative estimate of drug-likeness (QED) is 0.531. The van der Waals surface area contributed by atoms with E-state index >= 15 is 0 Å². The fourth-order valence-corrected chi connectivity index (χ4v) is 2.79. The van der Waals surface area contributed by atoms with Crippen molar-refractivity contribution in [3.8, 4) is 0 Å². The van der Waals surface area contributed by atoms with Gasteiger partial charge in [-0.25, -0.2) is 0 Å². The Labute approximate surface area is 87.8 Å². The van der Waals surface area contributed by atoms with Crippen molar-refractivity contribution in [2.24, 2.45) is 0 Å². The van der Waals surface area contributed by atoms with E-state index in [0.29, 0.717) is 6.10 Å². The second-order valence-corrected chi connectivity index (χ2v) is 5.05. The molecule has 0 radical (unpaired) electrons. The van der Waals surface area contributed by atoms with Gasteiger partial charge >= 0.3 is 0 Å². The number of unbranched alkanes of at least 4 members (excludes halogenated alkanes) is 1. The van der Waals surface area contributed by atoms with Crippen molar-refractivity contribution in [3.63, 3.8) is 0 Å². The van der Waals surface area contributed by atoms with Crippen molar-refractivity contribution in [3.05, 3.63) is 0 Å². The second kappa shape index (κ2) is 7.22. The van der Waals surface area contributed by atoms with Crippen LogP contribution in [-0.4, -0.2) is 29.5 Å². The third kappa shape index (κ3) is 4.73. The summed E-state index contributed by atoms with van der Waals surface area (Å²) in [4.78, 5) is 0. The van der Waals surface area contributed by atoms with E-state index < -0.39 is 0 Å². The Kier molecular flexibility index (Phi) is 6.54. The third-order valence-electron chi connectivity index (χ3n) is 2.00. The monoisotopic (exact) mass is 252 g/mol. The lowest BCUT2D eigenvalue weighted by Crippen LogP contribution is -2.08. The third-order valence-corrected chi connectivity index (χ3v) is 3.75. The highest BCUT2D eigenvalue weighted by Gasteiger charge is 2.14. The number of hydrogen-bond donors (Lipinski definition) is 0. The van der Waals surface area contributed by atoms with Gasteiger partial charge in [-0.05, 0) is 31.4 Å². The molecule has 0 aromatic heterocycles. The molecule has 1 rings (SSSR count). The largest absolute Gasteiger partial charge is 0.377 e. The molecule has 1 unspecified atom stereocenters. The Balaban J connectivity index is 1.81. The first-order valence-corrected chi connectivity index (χ1v) is 6.96. The summed E-state index contributed by atoms with van der Waals surface area (Å²) in [7, 11) is 0. The predicted octanol–water partition coefficient (Wildman–Crippen LogP) is 3.07. The number of halogens is 1. The number of thioether (sulfide) groups is 1. The Morgan fingerprint density at radius 2 is 2.33 bits per heavy atom. The summed E-state index contributed by atoms with van der Waals surface area (Å²) in [6, 6.07) is 0. The maximum atomic E-state index is 5.53. The highest BCUT2D eigenvalue weighted by atomic mass is 79.9. The lowest BCUT2D eigenvalue weighted by molar-refractivity contribution is 0.129. The molecule has 0 aromatic rings. The van der Waals surface area contributed by atoms with E-state index in [1.807, 2.05) is 11.8 Å². The van der Waals surface area contributed by atoms with Gasteiger partial charge in [0, 0.05) is 17.7 Å². The van der Waals surface area contributed by atoms with Crippen molar-refractivity contribution >= 4 is 27.7 Å². The molecular formula is C9H17BrOS. The first-order valence-electron chi connectivity index (χ1n) is 4.69. The van der Waals surface area contributed by atoms with Crippen LogP contribution in [0.4, 0.5) is 0 Å². The van der Waals surface area contributed by atoms with Crippen LogP contribution in [0.15, 0.2) is 0 Å². The Hall–Kier alpha value is 0.790. The van der Waals surface area contributed by atoms with Gasteiger partial charge in [0.2, 0.25) is 0 Å². The average molecular weight is 253 g/mol. The molecule has 1 nitrogen and oxygen atoms in total. The summed E-state index contributed by atoms with van der Waals surface area (Å²) in [6.07, 6.45) is 5.76. The van der Waals surface area contributed by atoms with Crippen LogP contribution in [0.1, 0.15) is 25.7 Å². The molecule has 3 heteroatoms. The van der Waals surface area contributed by atoms with Gasteiger partial charge in [-0.15, -0.1) is 0 Å². The average Bonchev–Trinajstić information content (AvgIpc) is 2.57. The van der Waals surface area contributed by atoms with Gasteiger partial charge in [-0.3, -0.25) is 0 Å². The van der Waals surface area contributed by atoms with Crippen LogP contribution in [0.25, 0.3) is 0 Å². The second-order valence-electron chi connectivity index (χ2n) is 3.11. The first-order chi connectivity index (χ1) is 5.93. The van der Waals surface area contributed by atoms with E-state index in [1.54, 1.807) is 0 Å². The van der Waals surface area contributed by atoms with Crippen LogP contribution in [-0.2, 0) is 4.74 Å². The molecule has 0 aromatic carbocycles. The molecule has 12 heavy (non-hydrogen) atoms. The molecule has 0 saturated carbocycles. The van der Waals surface area contributed by atoms with Gasteiger partial charge in [0.15, 0.2) is 0 Å². The van der Waals surface area contributed by atoms with Crippen molar-refractivity contribution in [2.45, 2.75) is 31.8 Å². The minimum atomic E-state index is 0.568. The fourth-order valence-electron chi connectivity index (χ4n) is 1.29. The van der Waals surface area contributed by atoms with Gasteiger partial charge in [0.25, 0.3) is 0 Å². The van der Waals surface area contributed by atoms with E-state index in [4.69, 9.17) is 4.74 Å². The minimum Gasteiger partial charge on any atom is -0.377 e. The Morgan fingerprint density at radius 3 is 3.00 bits per heavy atom. The standard InChI is InChI=1S/C9H17BrOS/c10-5-1-2-7-12-8-9-4-3-6-11-9/h9H,1-8H2. The number of alkyl halides is 1. The minimum absolute atomic E-state index is 0.568. The van der Waals surface area contributed by atoms with Crippen molar-refractivity contribution in [2.75, 3.05) is 23.4 Å². The maximum absolute atomic E-state index is 5.53. The van der Waals surface area contributed by atoms with Crippen molar-refractivity contribution in [1.82, 2.24) is 0 Å². The molecule has 1 fully saturated rings. The molecule has 1 atom stereocenters. The molecule has 72 valence electrons. The summed E-state index contributed by atoms with van der Waals surface area (Å²) in [5, 5.41) is 1.15. The summed E-state index contributed by atoms with van der Waals surface area (Å²) >= 11 is 5.48. The van der Waals surface area contributed by atoms with Crippen molar-refractivity contribution < 1.29 is 4.74 Å². The lowest BCUT2D eigenvalue weighted by Gasteiger charge is -2.07. The molecule has 0 N–H and O–H groups in total. The van der Waals surface area contributed by atoms with Gasteiger partial charge in [-0.1, -0.05) is 15.9 Å². The van der Waals surface area contributed by atoms with Crippen LogP contribution in [0.3, 0.4) is 0 Å². The van der Waals surface area contributed by atoms with Gasteiger partial charge < -0.3 is 4.74 Å². The summed E-state index contributed by atoms with van der Waals surface area (Å²) in [5.74, 6) is 2.51.